The van der Waals surface area contributed by atoms with Gasteiger partial charge in [0.05, 0.1) is 9.82 Å². The van der Waals surface area contributed by atoms with Crippen LogP contribution < -0.4 is 0 Å². The van der Waals surface area contributed by atoms with Crippen LogP contribution in [0.1, 0.15) is 17.1 Å². The Balaban J connectivity index is 2.21. The zero-order chi connectivity index (χ0) is 12.3. The minimum atomic E-state index is -0.392. The predicted octanol–water partition coefficient (Wildman–Crippen LogP) is 3.90. The maximum Gasteiger partial charge on any atom is 0.301 e. The maximum atomic E-state index is 10.8. The first-order chi connectivity index (χ1) is 8.18. The Morgan fingerprint density at radius 3 is 3.00 bits per heavy atom. The van der Waals surface area contributed by atoms with Crippen molar-refractivity contribution in [2.24, 2.45) is 0 Å². The highest BCUT2D eigenvalue weighted by molar-refractivity contribution is 7.99. The fourth-order valence-electron chi connectivity index (χ4n) is 1.38. The molecule has 0 aromatic carbocycles. The Morgan fingerprint density at radius 2 is 2.35 bits per heavy atom. The first-order valence-corrected chi connectivity index (χ1v) is 6.73. The molecule has 1 atom stereocenters. The maximum absolute atomic E-state index is 10.8. The average molecular weight is 266 g/mol. The Hall–Kier alpha value is -1.40. The highest BCUT2D eigenvalue weighted by Crippen LogP contribution is 2.40. The van der Waals surface area contributed by atoms with Gasteiger partial charge in [-0.1, -0.05) is 6.07 Å². The number of pyridine rings is 1. The number of nitro groups is 1. The number of hydrogen-bond acceptors (Lipinski definition) is 5. The highest BCUT2D eigenvalue weighted by Gasteiger charge is 2.17. The van der Waals surface area contributed by atoms with Crippen molar-refractivity contribution in [3.05, 3.63) is 51.0 Å². The third-order valence-electron chi connectivity index (χ3n) is 2.21. The Kier molecular flexibility index (Phi) is 3.75. The molecule has 0 unspecified atom stereocenters. The van der Waals surface area contributed by atoms with Crippen molar-refractivity contribution in [2.45, 2.75) is 17.1 Å². The van der Waals surface area contributed by atoms with Gasteiger partial charge in [-0.15, -0.1) is 23.1 Å². The summed E-state index contributed by atoms with van der Waals surface area (Å²) in [5, 5.41) is 13.1. The lowest BCUT2D eigenvalue weighted by atomic mass is 10.4. The van der Waals surface area contributed by atoms with E-state index in [0.29, 0.717) is 4.90 Å². The van der Waals surface area contributed by atoms with Gasteiger partial charge in [-0.3, -0.25) is 15.1 Å². The Morgan fingerprint density at radius 1 is 1.53 bits per heavy atom. The van der Waals surface area contributed by atoms with Crippen LogP contribution in [-0.2, 0) is 0 Å². The molecule has 2 rings (SSSR count). The van der Waals surface area contributed by atoms with Gasteiger partial charge in [0.1, 0.15) is 6.20 Å². The van der Waals surface area contributed by atoms with Gasteiger partial charge in [0.15, 0.2) is 0 Å². The fraction of sp³-hybridized carbons (Fsp3) is 0.182. The van der Waals surface area contributed by atoms with Crippen molar-refractivity contribution in [1.29, 1.82) is 0 Å². The van der Waals surface area contributed by atoms with Crippen molar-refractivity contribution < 1.29 is 4.92 Å². The summed E-state index contributed by atoms with van der Waals surface area (Å²) in [7, 11) is 0. The minimum Gasteiger partial charge on any atom is -0.258 e. The smallest absolute Gasteiger partial charge is 0.258 e. The normalized spacial score (nSPS) is 12.3. The van der Waals surface area contributed by atoms with E-state index >= 15 is 0 Å². The zero-order valence-corrected chi connectivity index (χ0v) is 10.7. The molecule has 6 heteroatoms. The van der Waals surface area contributed by atoms with Gasteiger partial charge in [-0.05, 0) is 24.4 Å². The summed E-state index contributed by atoms with van der Waals surface area (Å²) in [6.45, 7) is 2.04. The lowest BCUT2D eigenvalue weighted by molar-refractivity contribution is -0.388. The summed E-state index contributed by atoms with van der Waals surface area (Å²) in [5.74, 6) is 0. The van der Waals surface area contributed by atoms with Crippen molar-refractivity contribution in [2.75, 3.05) is 0 Å². The SMILES string of the molecule is C[C@H](Sc1ccncc1[N+](=O)[O-])c1cccs1. The van der Waals surface area contributed by atoms with E-state index in [-0.39, 0.29) is 10.9 Å². The topological polar surface area (TPSA) is 56.0 Å². The van der Waals surface area contributed by atoms with Gasteiger partial charge in [0.25, 0.3) is 0 Å². The van der Waals surface area contributed by atoms with Crippen LogP contribution in [0.2, 0.25) is 0 Å². The molecule has 4 nitrogen and oxygen atoms in total. The largest absolute Gasteiger partial charge is 0.301 e. The number of hydrogen-bond donors (Lipinski definition) is 0. The lowest BCUT2D eigenvalue weighted by Crippen LogP contribution is -1.93. The van der Waals surface area contributed by atoms with Gasteiger partial charge in [-0.25, -0.2) is 0 Å². The second kappa shape index (κ2) is 5.29. The third kappa shape index (κ3) is 2.83. The van der Waals surface area contributed by atoms with Crippen LogP contribution in [0.3, 0.4) is 0 Å². The van der Waals surface area contributed by atoms with E-state index in [1.165, 1.54) is 22.8 Å². The molecule has 0 radical (unpaired) electrons. The van der Waals surface area contributed by atoms with Crippen LogP contribution in [0.25, 0.3) is 0 Å². The van der Waals surface area contributed by atoms with Gasteiger partial charge in [0.2, 0.25) is 0 Å². The van der Waals surface area contributed by atoms with E-state index in [0.717, 1.165) is 0 Å². The van der Waals surface area contributed by atoms with Crippen molar-refractivity contribution in [3.8, 4) is 0 Å². The van der Waals surface area contributed by atoms with E-state index in [9.17, 15) is 10.1 Å². The van der Waals surface area contributed by atoms with E-state index in [1.807, 2.05) is 24.4 Å². The molecule has 0 aliphatic rings. The molecule has 2 heterocycles. The second-order valence-electron chi connectivity index (χ2n) is 3.38. The van der Waals surface area contributed by atoms with Crippen LogP contribution in [0.15, 0.2) is 40.9 Å². The lowest BCUT2D eigenvalue weighted by Gasteiger charge is -2.08. The monoisotopic (exact) mass is 266 g/mol. The highest BCUT2D eigenvalue weighted by atomic mass is 32.2. The van der Waals surface area contributed by atoms with Crippen molar-refractivity contribution in [3.63, 3.8) is 0 Å². The average Bonchev–Trinajstić information content (AvgIpc) is 2.83. The molecule has 0 saturated heterocycles. The first kappa shape index (κ1) is 12.1. The van der Waals surface area contributed by atoms with Crippen LogP contribution in [0, 0.1) is 10.1 Å². The fourth-order valence-corrected chi connectivity index (χ4v) is 3.32. The molecule has 0 spiro atoms. The molecule has 2 aromatic heterocycles. The van der Waals surface area contributed by atoms with Gasteiger partial charge in [-0.2, -0.15) is 0 Å². The second-order valence-corrected chi connectivity index (χ2v) is 5.74. The molecule has 2 aromatic rings. The number of nitrogens with zero attached hydrogens (tertiary/aromatic N) is 2. The standard InChI is InChI=1S/C11H10N2O2S2/c1-8(10-3-2-6-16-10)17-11-4-5-12-7-9(11)13(14)15/h2-8H,1H3/t8-/m0/s1. The summed E-state index contributed by atoms with van der Waals surface area (Å²) in [6.07, 6.45) is 2.87. The summed E-state index contributed by atoms with van der Waals surface area (Å²) in [6, 6.07) is 5.71. The molecule has 88 valence electrons. The number of thioether (sulfide) groups is 1. The van der Waals surface area contributed by atoms with E-state index < -0.39 is 4.92 Å². The quantitative estimate of drug-likeness (QED) is 0.478. The molecular formula is C11H10N2O2S2. The summed E-state index contributed by atoms with van der Waals surface area (Å²) >= 11 is 3.14. The minimum absolute atomic E-state index is 0.0703. The number of rotatable bonds is 4. The number of aromatic nitrogens is 1. The molecular weight excluding hydrogens is 256 g/mol. The molecule has 0 fully saturated rings. The van der Waals surface area contributed by atoms with E-state index in [1.54, 1.807) is 23.6 Å². The molecule has 0 N–H and O–H groups in total. The molecule has 0 aliphatic heterocycles. The van der Waals surface area contributed by atoms with E-state index in [4.69, 9.17) is 0 Å². The van der Waals surface area contributed by atoms with Gasteiger partial charge >= 0.3 is 5.69 Å². The van der Waals surface area contributed by atoms with Crippen LogP contribution in [0.4, 0.5) is 5.69 Å². The molecule has 0 bridgehead atoms. The molecule has 17 heavy (non-hydrogen) atoms. The van der Waals surface area contributed by atoms with E-state index in [2.05, 4.69) is 4.98 Å². The van der Waals surface area contributed by atoms with Crippen LogP contribution in [0.5, 0.6) is 0 Å². The predicted molar refractivity (Wildman–Crippen MR) is 69.5 cm³/mol. The summed E-state index contributed by atoms with van der Waals surface area (Å²) in [5.41, 5.74) is 0.0703. The summed E-state index contributed by atoms with van der Waals surface area (Å²) in [4.78, 5) is 16.1. The zero-order valence-electron chi connectivity index (χ0n) is 9.07. The molecule has 0 saturated carbocycles. The van der Waals surface area contributed by atoms with Gasteiger partial charge in [0, 0.05) is 16.3 Å². The Labute approximate surface area is 107 Å². The molecule has 0 aliphatic carbocycles. The van der Waals surface area contributed by atoms with Crippen LogP contribution >= 0.6 is 23.1 Å². The van der Waals surface area contributed by atoms with Crippen molar-refractivity contribution in [1.82, 2.24) is 4.98 Å². The third-order valence-corrected chi connectivity index (χ3v) is 4.62. The number of thiophene rings is 1. The molecule has 0 amide bonds. The first-order valence-electron chi connectivity index (χ1n) is 4.97. The van der Waals surface area contributed by atoms with Gasteiger partial charge < -0.3 is 0 Å². The van der Waals surface area contributed by atoms with Crippen molar-refractivity contribution >= 4 is 28.8 Å². The Bertz CT molecular complexity index is 514. The summed E-state index contributed by atoms with van der Waals surface area (Å²) < 4.78 is 0. The van der Waals surface area contributed by atoms with Crippen LogP contribution in [-0.4, -0.2) is 9.91 Å².